The van der Waals surface area contributed by atoms with Gasteiger partial charge in [-0.05, 0) is 36.8 Å². The number of rotatable bonds is 6. The zero-order chi connectivity index (χ0) is 14.4. The highest BCUT2D eigenvalue weighted by Gasteiger charge is 2.11. The van der Waals surface area contributed by atoms with Crippen molar-refractivity contribution in [3.05, 3.63) is 59.9 Å². The quantitative estimate of drug-likeness (QED) is 0.848. The molecule has 2 N–H and O–H groups in total. The Morgan fingerprint density at radius 1 is 1.25 bits per heavy atom. The van der Waals surface area contributed by atoms with Crippen LogP contribution in [0.2, 0.25) is 0 Å². The van der Waals surface area contributed by atoms with Gasteiger partial charge in [0.05, 0.1) is 18.9 Å². The molecule has 106 valence electrons. The Morgan fingerprint density at radius 2 is 2.10 bits per heavy atom. The van der Waals surface area contributed by atoms with Crippen LogP contribution in [0.3, 0.4) is 0 Å². The van der Waals surface area contributed by atoms with Crippen molar-refractivity contribution in [2.24, 2.45) is 0 Å². The van der Waals surface area contributed by atoms with Crippen LogP contribution in [-0.2, 0) is 0 Å². The number of aliphatic hydroxyl groups excluding tert-OH is 1. The molecule has 2 rings (SSSR count). The molecule has 2 atom stereocenters. The van der Waals surface area contributed by atoms with Gasteiger partial charge in [-0.2, -0.15) is 0 Å². The van der Waals surface area contributed by atoms with Gasteiger partial charge in [0, 0.05) is 18.8 Å². The van der Waals surface area contributed by atoms with Crippen LogP contribution >= 0.6 is 0 Å². The lowest BCUT2D eigenvalue weighted by atomic mass is 10.1. The van der Waals surface area contributed by atoms with E-state index in [9.17, 15) is 5.11 Å². The minimum absolute atomic E-state index is 0.0939. The first-order chi connectivity index (χ1) is 9.70. The number of hydrogen-bond donors (Lipinski definition) is 2. The van der Waals surface area contributed by atoms with Crippen LogP contribution in [0.15, 0.2) is 48.7 Å². The van der Waals surface area contributed by atoms with Crippen molar-refractivity contribution >= 4 is 0 Å². The van der Waals surface area contributed by atoms with Crippen molar-refractivity contribution in [2.75, 3.05) is 13.7 Å². The van der Waals surface area contributed by atoms with Crippen LogP contribution in [0.4, 0.5) is 0 Å². The molecule has 0 saturated carbocycles. The molecule has 2 unspecified atom stereocenters. The van der Waals surface area contributed by atoms with Crippen LogP contribution in [0.1, 0.15) is 30.3 Å². The van der Waals surface area contributed by atoms with E-state index in [0.29, 0.717) is 6.54 Å². The number of aromatic nitrogens is 1. The minimum atomic E-state index is -0.573. The van der Waals surface area contributed by atoms with Crippen LogP contribution < -0.4 is 10.1 Å². The van der Waals surface area contributed by atoms with Crippen molar-refractivity contribution in [1.82, 2.24) is 10.3 Å². The Morgan fingerprint density at radius 3 is 2.80 bits per heavy atom. The van der Waals surface area contributed by atoms with E-state index in [1.807, 2.05) is 49.4 Å². The summed E-state index contributed by atoms with van der Waals surface area (Å²) in [5.74, 6) is 0.749. The molecule has 1 aromatic heterocycles. The van der Waals surface area contributed by atoms with Gasteiger partial charge >= 0.3 is 0 Å². The maximum Gasteiger partial charge on any atom is 0.119 e. The molecule has 0 fully saturated rings. The maximum atomic E-state index is 10.2. The maximum absolute atomic E-state index is 10.2. The Kier molecular flexibility index (Phi) is 5.09. The molecule has 0 saturated heterocycles. The standard InChI is InChI=1S/C16H20N2O2/c1-12(15-8-3-4-9-17-15)18-11-16(19)13-6-5-7-14(10-13)20-2/h3-10,12,16,18-19H,11H2,1-2H3. The minimum Gasteiger partial charge on any atom is -0.497 e. The van der Waals surface area contributed by atoms with Crippen molar-refractivity contribution in [3.63, 3.8) is 0 Å². The Labute approximate surface area is 119 Å². The molecule has 1 aromatic carbocycles. The summed E-state index contributed by atoms with van der Waals surface area (Å²) in [6.07, 6.45) is 1.20. The number of pyridine rings is 1. The zero-order valence-corrected chi connectivity index (χ0v) is 11.8. The average Bonchev–Trinajstić information content (AvgIpc) is 2.53. The highest BCUT2D eigenvalue weighted by molar-refractivity contribution is 5.29. The second-order valence-corrected chi connectivity index (χ2v) is 4.68. The second kappa shape index (κ2) is 7.03. The monoisotopic (exact) mass is 272 g/mol. The number of ether oxygens (including phenoxy) is 1. The second-order valence-electron chi connectivity index (χ2n) is 4.68. The smallest absolute Gasteiger partial charge is 0.119 e. The molecule has 0 radical (unpaired) electrons. The molecule has 4 heteroatoms. The third kappa shape index (κ3) is 3.79. The number of methoxy groups -OCH3 is 1. The normalized spacial score (nSPS) is 13.8. The lowest BCUT2D eigenvalue weighted by Crippen LogP contribution is -2.25. The predicted octanol–water partition coefficient (Wildman–Crippen LogP) is 2.47. The molecular formula is C16H20N2O2. The first-order valence-electron chi connectivity index (χ1n) is 6.67. The van der Waals surface area contributed by atoms with Gasteiger partial charge < -0.3 is 15.2 Å². The Balaban J connectivity index is 1.93. The number of benzene rings is 1. The van der Waals surface area contributed by atoms with Crippen molar-refractivity contribution < 1.29 is 9.84 Å². The van der Waals surface area contributed by atoms with Gasteiger partial charge in [0.1, 0.15) is 5.75 Å². The molecule has 0 aliphatic heterocycles. The first-order valence-corrected chi connectivity index (χ1v) is 6.67. The fourth-order valence-electron chi connectivity index (χ4n) is 1.99. The Bertz CT molecular complexity index is 531. The van der Waals surface area contributed by atoms with Gasteiger partial charge in [-0.1, -0.05) is 18.2 Å². The lowest BCUT2D eigenvalue weighted by Gasteiger charge is -2.17. The molecular weight excluding hydrogens is 252 g/mol. The van der Waals surface area contributed by atoms with Crippen LogP contribution in [-0.4, -0.2) is 23.7 Å². The average molecular weight is 272 g/mol. The Hall–Kier alpha value is -1.91. The summed E-state index contributed by atoms with van der Waals surface area (Å²) >= 11 is 0. The zero-order valence-electron chi connectivity index (χ0n) is 11.8. The SMILES string of the molecule is COc1cccc(C(O)CNC(C)c2ccccn2)c1. The van der Waals surface area contributed by atoms with E-state index in [-0.39, 0.29) is 6.04 Å². The number of hydrogen-bond acceptors (Lipinski definition) is 4. The molecule has 2 aromatic rings. The molecule has 0 amide bonds. The van der Waals surface area contributed by atoms with Gasteiger partial charge in [-0.3, -0.25) is 4.98 Å². The molecule has 0 aliphatic rings. The highest BCUT2D eigenvalue weighted by atomic mass is 16.5. The largest absolute Gasteiger partial charge is 0.497 e. The summed E-state index contributed by atoms with van der Waals surface area (Å²) < 4.78 is 5.16. The van der Waals surface area contributed by atoms with Crippen LogP contribution in [0.5, 0.6) is 5.75 Å². The van der Waals surface area contributed by atoms with Crippen LogP contribution in [0.25, 0.3) is 0 Å². The summed E-state index contributed by atoms with van der Waals surface area (Å²) in [6, 6.07) is 13.4. The van der Waals surface area contributed by atoms with Gasteiger partial charge in [-0.25, -0.2) is 0 Å². The predicted molar refractivity (Wildman–Crippen MR) is 78.6 cm³/mol. The third-order valence-corrected chi connectivity index (χ3v) is 3.23. The van der Waals surface area contributed by atoms with Gasteiger partial charge in [0.2, 0.25) is 0 Å². The topological polar surface area (TPSA) is 54.4 Å². The number of aliphatic hydroxyl groups is 1. The molecule has 4 nitrogen and oxygen atoms in total. The fourth-order valence-corrected chi connectivity index (χ4v) is 1.99. The summed E-state index contributed by atoms with van der Waals surface area (Å²) in [7, 11) is 1.62. The van der Waals surface area contributed by atoms with E-state index in [0.717, 1.165) is 17.0 Å². The van der Waals surface area contributed by atoms with E-state index >= 15 is 0 Å². The molecule has 20 heavy (non-hydrogen) atoms. The van der Waals surface area contributed by atoms with Crippen molar-refractivity contribution in [2.45, 2.75) is 19.1 Å². The summed E-state index contributed by atoms with van der Waals surface area (Å²) in [6.45, 7) is 2.49. The molecule has 1 heterocycles. The van der Waals surface area contributed by atoms with Crippen molar-refractivity contribution in [3.8, 4) is 5.75 Å². The van der Waals surface area contributed by atoms with E-state index in [2.05, 4.69) is 10.3 Å². The number of nitrogens with one attached hydrogen (secondary N) is 1. The highest BCUT2D eigenvalue weighted by Crippen LogP contribution is 2.19. The molecule has 0 aliphatic carbocycles. The fraction of sp³-hybridized carbons (Fsp3) is 0.312. The van der Waals surface area contributed by atoms with E-state index in [1.54, 1.807) is 13.3 Å². The lowest BCUT2D eigenvalue weighted by molar-refractivity contribution is 0.170. The van der Waals surface area contributed by atoms with Gasteiger partial charge in [0.25, 0.3) is 0 Å². The summed E-state index contributed by atoms with van der Waals surface area (Å²) in [5, 5.41) is 13.5. The molecule has 0 bridgehead atoms. The summed E-state index contributed by atoms with van der Waals surface area (Å²) in [5.41, 5.74) is 1.80. The summed E-state index contributed by atoms with van der Waals surface area (Å²) in [4.78, 5) is 4.29. The molecule has 0 spiro atoms. The van der Waals surface area contributed by atoms with Crippen molar-refractivity contribution in [1.29, 1.82) is 0 Å². The van der Waals surface area contributed by atoms with E-state index in [1.165, 1.54) is 0 Å². The third-order valence-electron chi connectivity index (χ3n) is 3.23. The van der Waals surface area contributed by atoms with Crippen LogP contribution in [0, 0.1) is 0 Å². The number of nitrogens with zero attached hydrogens (tertiary/aromatic N) is 1. The van der Waals surface area contributed by atoms with E-state index in [4.69, 9.17) is 4.74 Å². The van der Waals surface area contributed by atoms with Gasteiger partial charge in [0.15, 0.2) is 0 Å². The first kappa shape index (κ1) is 14.5. The van der Waals surface area contributed by atoms with Gasteiger partial charge in [-0.15, -0.1) is 0 Å². The van der Waals surface area contributed by atoms with E-state index < -0.39 is 6.10 Å².